The molecule has 0 amide bonds. The quantitative estimate of drug-likeness (QED) is 0.249. The van der Waals surface area contributed by atoms with Crippen molar-refractivity contribution in [2.75, 3.05) is 13.1 Å². The van der Waals surface area contributed by atoms with Gasteiger partial charge >= 0.3 is 0 Å². The summed E-state index contributed by atoms with van der Waals surface area (Å²) in [5.74, 6) is 0.168. The van der Waals surface area contributed by atoms with E-state index in [-0.39, 0.29) is 17.4 Å². The van der Waals surface area contributed by atoms with Crippen LogP contribution >= 0.6 is 0 Å². The molecule has 0 bridgehead atoms. The number of likely N-dealkylation sites (tertiary alicyclic amines) is 1. The van der Waals surface area contributed by atoms with Crippen LogP contribution in [0.1, 0.15) is 23.1 Å². The topological polar surface area (TPSA) is 112 Å². The van der Waals surface area contributed by atoms with Crippen LogP contribution in [0.15, 0.2) is 77.8 Å². The number of aliphatic imine (C=N–C) groups is 1. The minimum Gasteiger partial charge on any atom is -0.494 e. The molecule has 34 heavy (non-hydrogen) atoms. The Hall–Kier alpha value is -4.30. The van der Waals surface area contributed by atoms with Crippen LogP contribution in [0.3, 0.4) is 0 Å². The average molecular weight is 454 g/mol. The van der Waals surface area contributed by atoms with Crippen LogP contribution in [0.25, 0.3) is 10.9 Å². The van der Waals surface area contributed by atoms with E-state index in [1.165, 1.54) is 12.1 Å². The van der Waals surface area contributed by atoms with Crippen molar-refractivity contribution in [3.63, 3.8) is 0 Å². The lowest BCUT2D eigenvalue weighted by Gasteiger charge is -2.13. The Balaban J connectivity index is 1.57. The first-order valence-electron chi connectivity index (χ1n) is 10.9. The number of nitro groups is 1. The fraction of sp³-hybridized carbons (Fsp3) is 0.154. The van der Waals surface area contributed by atoms with E-state index in [1.807, 2.05) is 54.6 Å². The minimum atomic E-state index is -0.459. The number of H-pyrrole nitrogens is 1. The number of aromatic nitrogens is 1. The number of aromatic amines is 1. The molecule has 0 unspecified atom stereocenters. The van der Waals surface area contributed by atoms with Crippen LogP contribution in [-0.4, -0.2) is 44.5 Å². The van der Waals surface area contributed by atoms with Gasteiger partial charge in [0.05, 0.1) is 28.4 Å². The lowest BCUT2D eigenvalue weighted by Crippen LogP contribution is -2.19. The predicted octanol–water partition coefficient (Wildman–Crippen LogP) is 4.73. The summed E-state index contributed by atoms with van der Waals surface area (Å²) >= 11 is 0. The smallest absolute Gasteiger partial charge is 0.270 e. The fourth-order valence-corrected chi connectivity index (χ4v) is 4.27. The van der Waals surface area contributed by atoms with Crippen LogP contribution in [0.5, 0.6) is 5.88 Å². The molecular weight excluding hydrogens is 432 g/mol. The van der Waals surface area contributed by atoms with Gasteiger partial charge in [-0.3, -0.25) is 19.8 Å². The van der Waals surface area contributed by atoms with Crippen LogP contribution in [0.2, 0.25) is 0 Å². The number of ketones is 1. The van der Waals surface area contributed by atoms with Crippen molar-refractivity contribution in [1.29, 1.82) is 0 Å². The molecule has 0 atom stereocenters. The molecule has 0 spiro atoms. The van der Waals surface area contributed by atoms with E-state index in [0.29, 0.717) is 47.4 Å². The zero-order valence-corrected chi connectivity index (χ0v) is 18.3. The van der Waals surface area contributed by atoms with Crippen molar-refractivity contribution in [3.05, 3.63) is 99.6 Å². The Labute approximate surface area is 195 Å². The molecule has 1 fully saturated rings. The van der Waals surface area contributed by atoms with Gasteiger partial charge in [-0.15, -0.1) is 0 Å². The maximum atomic E-state index is 11.5. The summed E-state index contributed by atoms with van der Waals surface area (Å²) in [6.07, 6.45) is 0.606. The van der Waals surface area contributed by atoms with E-state index in [1.54, 1.807) is 6.07 Å². The van der Waals surface area contributed by atoms with Crippen molar-refractivity contribution >= 4 is 33.8 Å². The molecule has 0 saturated carbocycles. The molecule has 3 aromatic carbocycles. The zero-order chi connectivity index (χ0) is 23.7. The highest BCUT2D eigenvalue weighted by atomic mass is 16.6. The van der Waals surface area contributed by atoms with Crippen LogP contribution in [-0.2, 0) is 11.3 Å². The lowest BCUT2D eigenvalue weighted by molar-refractivity contribution is -0.384. The summed E-state index contributed by atoms with van der Waals surface area (Å²) in [6, 6.07) is 21.6. The molecule has 0 aliphatic carbocycles. The third-order valence-electron chi connectivity index (χ3n) is 5.95. The molecule has 0 radical (unpaired) electrons. The Morgan fingerprint density at radius 2 is 1.85 bits per heavy atom. The SMILES string of the molecule is O=C1CCN(Cc2ccc(N=C(c3ccccc3)c3c(O)[nH]c4ccc([N+](=O)[O-])cc34)cc2)C1. The Bertz CT molecular complexity index is 1410. The first kappa shape index (κ1) is 21.5. The number of hydrogen-bond donors (Lipinski definition) is 2. The van der Waals surface area contributed by atoms with Gasteiger partial charge in [0.1, 0.15) is 5.78 Å². The largest absolute Gasteiger partial charge is 0.494 e. The molecule has 1 aliphatic heterocycles. The van der Waals surface area contributed by atoms with Gasteiger partial charge in [-0.2, -0.15) is 0 Å². The van der Waals surface area contributed by atoms with Crippen LogP contribution in [0.4, 0.5) is 11.4 Å². The zero-order valence-electron chi connectivity index (χ0n) is 18.3. The van der Waals surface area contributed by atoms with Gasteiger partial charge < -0.3 is 10.1 Å². The Kier molecular flexibility index (Phi) is 5.65. The molecule has 2 N–H and O–H groups in total. The van der Waals surface area contributed by atoms with Gasteiger partial charge in [0.25, 0.3) is 5.69 Å². The molecule has 170 valence electrons. The van der Waals surface area contributed by atoms with Crippen molar-refractivity contribution in [2.24, 2.45) is 4.99 Å². The van der Waals surface area contributed by atoms with E-state index in [0.717, 1.165) is 17.7 Å². The maximum Gasteiger partial charge on any atom is 0.270 e. The normalized spacial score (nSPS) is 14.7. The number of benzene rings is 3. The highest BCUT2D eigenvalue weighted by Crippen LogP contribution is 2.33. The summed E-state index contributed by atoms with van der Waals surface area (Å²) < 4.78 is 0. The number of carbonyl (C=O) groups excluding carboxylic acids is 1. The molecular formula is C26H22N4O4. The van der Waals surface area contributed by atoms with E-state index < -0.39 is 4.92 Å². The fourth-order valence-electron chi connectivity index (χ4n) is 4.27. The summed E-state index contributed by atoms with van der Waals surface area (Å²) in [5.41, 5.74) is 3.96. The number of nitrogens with zero attached hydrogens (tertiary/aromatic N) is 3. The first-order chi connectivity index (χ1) is 16.5. The second-order valence-corrected chi connectivity index (χ2v) is 8.33. The number of aromatic hydroxyl groups is 1. The van der Waals surface area contributed by atoms with Crippen molar-refractivity contribution in [1.82, 2.24) is 9.88 Å². The molecule has 8 nitrogen and oxygen atoms in total. The van der Waals surface area contributed by atoms with E-state index in [9.17, 15) is 20.0 Å². The predicted molar refractivity (Wildman–Crippen MR) is 130 cm³/mol. The van der Waals surface area contributed by atoms with Crippen LogP contribution < -0.4 is 0 Å². The molecule has 8 heteroatoms. The maximum absolute atomic E-state index is 11.5. The van der Waals surface area contributed by atoms with E-state index >= 15 is 0 Å². The van der Waals surface area contributed by atoms with Gasteiger partial charge in [0.2, 0.25) is 0 Å². The number of non-ortho nitro benzene ring substituents is 1. The number of hydrogen-bond acceptors (Lipinski definition) is 6. The standard InChI is InChI=1S/C26H22N4O4/c31-21-12-13-29(16-21)15-17-6-8-19(9-7-17)27-25(18-4-2-1-3-5-18)24-22-14-20(30(33)34)10-11-23(22)28-26(24)32/h1-11,14,28,32H,12-13,15-16H2. The van der Waals surface area contributed by atoms with E-state index in [2.05, 4.69) is 9.88 Å². The number of fused-ring (bicyclic) bond motifs is 1. The summed E-state index contributed by atoms with van der Waals surface area (Å²) in [6.45, 7) is 1.97. The monoisotopic (exact) mass is 454 g/mol. The number of rotatable bonds is 6. The second-order valence-electron chi connectivity index (χ2n) is 8.33. The van der Waals surface area contributed by atoms with Crippen LogP contribution in [0, 0.1) is 10.1 Å². The molecule has 1 aromatic heterocycles. The highest BCUT2D eigenvalue weighted by Gasteiger charge is 2.21. The molecule has 4 aromatic rings. The summed E-state index contributed by atoms with van der Waals surface area (Å²) in [5, 5.41) is 22.6. The minimum absolute atomic E-state index is 0.0649. The Morgan fingerprint density at radius 3 is 2.53 bits per heavy atom. The third kappa shape index (κ3) is 4.31. The van der Waals surface area contributed by atoms with Gasteiger partial charge in [-0.1, -0.05) is 42.5 Å². The molecule has 1 aliphatic rings. The van der Waals surface area contributed by atoms with Crippen molar-refractivity contribution in [3.8, 4) is 5.88 Å². The number of Topliss-reactive ketones (excluding diaryl/α,β-unsaturated/α-hetero) is 1. The molecule has 5 rings (SSSR count). The third-order valence-corrected chi connectivity index (χ3v) is 5.95. The lowest BCUT2D eigenvalue weighted by atomic mass is 10.0. The highest BCUT2D eigenvalue weighted by molar-refractivity contribution is 6.22. The molecule has 1 saturated heterocycles. The molecule has 2 heterocycles. The van der Waals surface area contributed by atoms with Crippen molar-refractivity contribution < 1.29 is 14.8 Å². The Morgan fingerprint density at radius 1 is 1.09 bits per heavy atom. The van der Waals surface area contributed by atoms with Gasteiger partial charge in [-0.05, 0) is 23.8 Å². The van der Waals surface area contributed by atoms with Gasteiger partial charge in [-0.25, -0.2) is 4.99 Å². The number of nitrogens with one attached hydrogen (secondary N) is 1. The first-order valence-corrected chi connectivity index (χ1v) is 10.9. The number of carbonyl (C=O) groups is 1. The average Bonchev–Trinajstić information content (AvgIpc) is 3.40. The second kappa shape index (κ2) is 8.92. The summed E-state index contributed by atoms with van der Waals surface area (Å²) in [7, 11) is 0. The summed E-state index contributed by atoms with van der Waals surface area (Å²) in [4.78, 5) is 32.3. The van der Waals surface area contributed by atoms with Crippen molar-refractivity contribution in [2.45, 2.75) is 13.0 Å². The number of nitro benzene ring substituents is 1. The van der Waals surface area contributed by atoms with Gasteiger partial charge in [0, 0.05) is 48.1 Å². The van der Waals surface area contributed by atoms with E-state index in [4.69, 9.17) is 4.99 Å². The van der Waals surface area contributed by atoms with Gasteiger partial charge in [0.15, 0.2) is 5.88 Å².